The Morgan fingerprint density at radius 3 is 2.72 bits per heavy atom. The maximum absolute atomic E-state index is 13.1. The summed E-state index contributed by atoms with van der Waals surface area (Å²) >= 11 is 3.98. The van der Waals surface area contributed by atoms with Gasteiger partial charge in [-0.05, 0) is 58.4 Å². The van der Waals surface area contributed by atoms with Crippen LogP contribution in [-0.4, -0.2) is 22.6 Å². The van der Waals surface area contributed by atoms with Crippen LogP contribution in [0.2, 0.25) is 0 Å². The molecule has 0 N–H and O–H groups in total. The summed E-state index contributed by atoms with van der Waals surface area (Å²) in [5, 5.41) is -0.269. The molecule has 0 aromatic heterocycles. The zero-order chi connectivity index (χ0) is 13.3. The van der Waals surface area contributed by atoms with Crippen LogP contribution in [0.5, 0.6) is 0 Å². The number of hydrogen-bond acceptors (Lipinski definition) is 3. The number of rotatable bonds is 2. The minimum atomic E-state index is -0.367. The zero-order valence-electron chi connectivity index (χ0n) is 9.44. The van der Waals surface area contributed by atoms with Gasteiger partial charge in [0.2, 0.25) is 0 Å². The number of amides is 2. The second kappa shape index (κ2) is 5.24. The second-order valence-corrected chi connectivity index (χ2v) is 5.45. The van der Waals surface area contributed by atoms with Crippen molar-refractivity contribution in [3.63, 3.8) is 0 Å². The van der Waals surface area contributed by atoms with Crippen LogP contribution in [0.15, 0.2) is 27.6 Å². The molecule has 0 atom stereocenters. The summed E-state index contributed by atoms with van der Waals surface area (Å²) in [7, 11) is 0. The van der Waals surface area contributed by atoms with E-state index in [2.05, 4.69) is 15.9 Å². The third-order valence-electron chi connectivity index (χ3n) is 2.43. The lowest BCUT2D eigenvalue weighted by Gasteiger charge is -2.06. The lowest BCUT2D eigenvalue weighted by Crippen LogP contribution is -2.27. The molecule has 1 saturated heterocycles. The maximum atomic E-state index is 13.1. The number of nitrogens with zero attached hydrogens (tertiary/aromatic N) is 1. The number of benzene rings is 1. The molecule has 1 heterocycles. The molecule has 1 aromatic rings. The van der Waals surface area contributed by atoms with E-state index in [1.54, 1.807) is 25.1 Å². The molecular formula is C12H9BrFNO2S. The fraction of sp³-hybridized carbons (Fsp3) is 0.167. The number of hydrogen-bond donors (Lipinski definition) is 0. The predicted octanol–water partition coefficient (Wildman–Crippen LogP) is 3.64. The van der Waals surface area contributed by atoms with E-state index in [1.165, 1.54) is 11.0 Å². The van der Waals surface area contributed by atoms with Gasteiger partial charge in [-0.2, -0.15) is 0 Å². The summed E-state index contributed by atoms with van der Waals surface area (Å²) in [6.45, 7) is 2.10. The Kier molecular flexibility index (Phi) is 3.87. The zero-order valence-corrected chi connectivity index (χ0v) is 11.8. The molecule has 94 valence electrons. The topological polar surface area (TPSA) is 37.4 Å². The van der Waals surface area contributed by atoms with Crippen LogP contribution >= 0.6 is 27.7 Å². The summed E-state index contributed by atoms with van der Waals surface area (Å²) in [6, 6.07) is 4.43. The van der Waals surface area contributed by atoms with Crippen LogP contribution in [0, 0.1) is 5.82 Å². The van der Waals surface area contributed by atoms with Crippen LogP contribution in [-0.2, 0) is 4.79 Å². The molecule has 0 aliphatic carbocycles. The van der Waals surface area contributed by atoms with Crippen molar-refractivity contribution in [2.45, 2.75) is 6.92 Å². The third-order valence-corrected chi connectivity index (χ3v) is 3.95. The average molecular weight is 330 g/mol. The number of likely N-dealkylation sites (N-methyl/N-ethyl adjacent to an activating group) is 1. The van der Waals surface area contributed by atoms with Gasteiger partial charge in [-0.15, -0.1) is 0 Å². The van der Waals surface area contributed by atoms with Gasteiger partial charge >= 0.3 is 0 Å². The minimum Gasteiger partial charge on any atom is -0.269 e. The smallest absolute Gasteiger partial charge is 0.269 e. The molecule has 1 aliphatic rings. The SMILES string of the molecule is CCN1C(=O)S/C(=C/c2ccc(F)c(Br)c2)C1=O. The highest BCUT2D eigenvalue weighted by atomic mass is 79.9. The van der Waals surface area contributed by atoms with Crippen LogP contribution in [0.1, 0.15) is 12.5 Å². The highest BCUT2D eigenvalue weighted by Crippen LogP contribution is 2.32. The van der Waals surface area contributed by atoms with Crippen LogP contribution in [0.3, 0.4) is 0 Å². The summed E-state index contributed by atoms with van der Waals surface area (Å²) in [5.41, 5.74) is 0.671. The van der Waals surface area contributed by atoms with Crippen molar-refractivity contribution in [2.75, 3.05) is 6.54 Å². The number of carbonyl (C=O) groups excluding carboxylic acids is 2. The van der Waals surface area contributed by atoms with Crippen molar-refractivity contribution < 1.29 is 14.0 Å². The number of imide groups is 1. The van der Waals surface area contributed by atoms with E-state index in [1.807, 2.05) is 0 Å². The molecule has 0 radical (unpaired) electrons. The van der Waals surface area contributed by atoms with Crippen LogP contribution < -0.4 is 0 Å². The van der Waals surface area contributed by atoms with E-state index in [-0.39, 0.29) is 17.0 Å². The highest BCUT2D eigenvalue weighted by Gasteiger charge is 2.33. The summed E-state index contributed by atoms with van der Waals surface area (Å²) in [5.74, 6) is -0.665. The molecule has 3 nitrogen and oxygen atoms in total. The third kappa shape index (κ3) is 2.49. The Balaban J connectivity index is 2.32. The Morgan fingerprint density at radius 1 is 1.44 bits per heavy atom. The number of halogens is 2. The first-order valence-corrected chi connectivity index (χ1v) is 6.84. The number of carbonyl (C=O) groups is 2. The summed E-state index contributed by atoms with van der Waals surface area (Å²) < 4.78 is 13.4. The molecule has 1 aliphatic heterocycles. The standard InChI is InChI=1S/C12H9BrFNO2S/c1-2-15-11(16)10(18-12(15)17)6-7-3-4-9(14)8(13)5-7/h3-6H,2H2,1H3/b10-6+. The molecule has 0 spiro atoms. The van der Waals surface area contributed by atoms with E-state index < -0.39 is 0 Å². The van der Waals surface area contributed by atoms with Crippen molar-refractivity contribution in [1.29, 1.82) is 0 Å². The molecule has 1 fully saturated rings. The first kappa shape index (κ1) is 13.3. The van der Waals surface area contributed by atoms with E-state index in [9.17, 15) is 14.0 Å². The summed E-state index contributed by atoms with van der Waals surface area (Å²) in [4.78, 5) is 24.9. The fourth-order valence-electron chi connectivity index (χ4n) is 1.53. The van der Waals surface area contributed by atoms with Crippen molar-refractivity contribution in [3.8, 4) is 0 Å². The summed E-state index contributed by atoms with van der Waals surface area (Å²) in [6.07, 6.45) is 1.59. The monoisotopic (exact) mass is 329 g/mol. The lowest BCUT2D eigenvalue weighted by atomic mass is 10.2. The van der Waals surface area contributed by atoms with Crippen molar-refractivity contribution in [1.82, 2.24) is 4.90 Å². The molecule has 1 aromatic carbocycles. The van der Waals surface area contributed by atoms with Gasteiger partial charge < -0.3 is 0 Å². The Morgan fingerprint density at radius 2 is 2.17 bits per heavy atom. The van der Waals surface area contributed by atoms with Crippen molar-refractivity contribution in [3.05, 3.63) is 39.0 Å². The Labute approximate surface area is 116 Å². The van der Waals surface area contributed by atoms with Gasteiger partial charge in [-0.3, -0.25) is 14.5 Å². The van der Waals surface area contributed by atoms with Crippen LogP contribution in [0.25, 0.3) is 6.08 Å². The molecule has 6 heteroatoms. The average Bonchev–Trinajstić information content (AvgIpc) is 2.59. The first-order chi connectivity index (χ1) is 8.52. The van der Waals surface area contributed by atoms with Gasteiger partial charge in [-0.25, -0.2) is 4.39 Å². The number of thioether (sulfide) groups is 1. The van der Waals surface area contributed by atoms with Gasteiger partial charge in [-0.1, -0.05) is 6.07 Å². The predicted molar refractivity (Wildman–Crippen MR) is 72.5 cm³/mol. The molecule has 2 rings (SSSR count). The minimum absolute atomic E-state index is 0.269. The van der Waals surface area contributed by atoms with Gasteiger partial charge in [0.05, 0.1) is 9.38 Å². The van der Waals surface area contributed by atoms with E-state index in [0.717, 1.165) is 11.8 Å². The lowest BCUT2D eigenvalue weighted by molar-refractivity contribution is -0.122. The molecular weight excluding hydrogens is 321 g/mol. The fourth-order valence-corrected chi connectivity index (χ4v) is 2.83. The van der Waals surface area contributed by atoms with Crippen molar-refractivity contribution >= 4 is 44.9 Å². The molecule has 0 unspecified atom stereocenters. The molecule has 0 saturated carbocycles. The molecule has 2 amide bonds. The largest absolute Gasteiger partial charge is 0.293 e. The normalized spacial score (nSPS) is 17.9. The first-order valence-electron chi connectivity index (χ1n) is 5.23. The quantitative estimate of drug-likeness (QED) is 0.777. The molecule has 0 bridgehead atoms. The maximum Gasteiger partial charge on any atom is 0.293 e. The second-order valence-electron chi connectivity index (χ2n) is 3.60. The van der Waals surface area contributed by atoms with Gasteiger partial charge in [0, 0.05) is 6.54 Å². The van der Waals surface area contributed by atoms with Crippen LogP contribution in [0.4, 0.5) is 9.18 Å². The van der Waals surface area contributed by atoms with E-state index >= 15 is 0 Å². The molecule has 18 heavy (non-hydrogen) atoms. The van der Waals surface area contributed by atoms with Gasteiger partial charge in [0.25, 0.3) is 11.1 Å². The van der Waals surface area contributed by atoms with E-state index in [0.29, 0.717) is 21.5 Å². The Hall–Kier alpha value is -1.14. The van der Waals surface area contributed by atoms with Gasteiger partial charge in [0.15, 0.2) is 0 Å². The van der Waals surface area contributed by atoms with Gasteiger partial charge in [0.1, 0.15) is 5.82 Å². The van der Waals surface area contributed by atoms with Crippen molar-refractivity contribution in [2.24, 2.45) is 0 Å². The highest BCUT2D eigenvalue weighted by molar-refractivity contribution is 9.10. The van der Waals surface area contributed by atoms with E-state index in [4.69, 9.17) is 0 Å². The Bertz CT molecular complexity index is 559.